The number of hydrogen-bond acceptors (Lipinski definition) is 5. The summed E-state index contributed by atoms with van der Waals surface area (Å²) in [7, 11) is 0. The number of carbonyl (C=O) groups is 2. The number of aryl methyl sites for hydroxylation is 2. The third-order valence-corrected chi connectivity index (χ3v) is 4.40. The first-order valence-corrected chi connectivity index (χ1v) is 9.51. The Kier molecular flexibility index (Phi) is 6.89. The summed E-state index contributed by atoms with van der Waals surface area (Å²) in [4.78, 5) is 24.1. The van der Waals surface area contributed by atoms with Gasteiger partial charge in [-0.1, -0.05) is 29.8 Å². The zero-order chi connectivity index (χ0) is 19.8. The molecule has 0 unspecified atom stereocenters. The first-order chi connectivity index (χ1) is 13.6. The number of carbonyl (C=O) groups excluding carboxylic acids is 2. The molecule has 0 saturated carbocycles. The molecule has 2 aromatic carbocycles. The van der Waals surface area contributed by atoms with E-state index in [1.807, 2.05) is 31.2 Å². The van der Waals surface area contributed by atoms with Gasteiger partial charge in [-0.2, -0.15) is 0 Å². The maximum Gasteiger partial charge on any atom is 0.338 e. The second-order valence-corrected chi connectivity index (χ2v) is 6.68. The summed E-state index contributed by atoms with van der Waals surface area (Å²) < 4.78 is 16.3. The van der Waals surface area contributed by atoms with Crippen LogP contribution in [0.2, 0.25) is 0 Å². The molecule has 1 aliphatic heterocycles. The lowest BCUT2D eigenvalue weighted by molar-refractivity contribution is -0.121. The van der Waals surface area contributed by atoms with E-state index in [2.05, 4.69) is 5.32 Å². The van der Waals surface area contributed by atoms with Crippen LogP contribution in [-0.4, -0.2) is 38.2 Å². The predicted octanol–water partition coefficient (Wildman–Crippen LogP) is 3.06. The molecular formula is C22H25NO5. The van der Waals surface area contributed by atoms with Gasteiger partial charge >= 0.3 is 5.97 Å². The minimum Gasteiger partial charge on any atom is -0.490 e. The largest absolute Gasteiger partial charge is 0.490 e. The molecule has 6 heteroatoms. The van der Waals surface area contributed by atoms with E-state index in [1.165, 1.54) is 5.56 Å². The third-order valence-electron chi connectivity index (χ3n) is 4.40. The molecule has 0 radical (unpaired) electrons. The van der Waals surface area contributed by atoms with Crippen molar-refractivity contribution >= 4 is 11.9 Å². The molecule has 1 heterocycles. The molecule has 3 rings (SSSR count). The Morgan fingerprint density at radius 2 is 1.79 bits per heavy atom. The highest BCUT2D eigenvalue weighted by Crippen LogP contribution is 2.30. The number of rotatable bonds is 7. The highest BCUT2D eigenvalue weighted by atomic mass is 16.5. The first-order valence-electron chi connectivity index (χ1n) is 9.51. The summed E-state index contributed by atoms with van der Waals surface area (Å²) in [5, 5.41) is 2.77. The Hall–Kier alpha value is -3.02. The van der Waals surface area contributed by atoms with E-state index in [1.54, 1.807) is 18.2 Å². The number of ether oxygens (including phenoxy) is 3. The number of benzene rings is 2. The van der Waals surface area contributed by atoms with Gasteiger partial charge in [-0.3, -0.25) is 4.79 Å². The average molecular weight is 383 g/mol. The molecule has 28 heavy (non-hydrogen) atoms. The van der Waals surface area contributed by atoms with Gasteiger partial charge in [0.05, 0.1) is 25.3 Å². The topological polar surface area (TPSA) is 73.9 Å². The number of esters is 1. The van der Waals surface area contributed by atoms with Gasteiger partial charge < -0.3 is 19.5 Å². The molecule has 1 N–H and O–H groups in total. The molecule has 0 bridgehead atoms. The van der Waals surface area contributed by atoms with Crippen LogP contribution in [0.3, 0.4) is 0 Å². The molecule has 0 atom stereocenters. The normalized spacial score (nSPS) is 12.8. The van der Waals surface area contributed by atoms with Crippen molar-refractivity contribution in [3.8, 4) is 11.5 Å². The van der Waals surface area contributed by atoms with Crippen molar-refractivity contribution in [1.29, 1.82) is 0 Å². The molecule has 2 aromatic rings. The molecule has 1 amide bonds. The van der Waals surface area contributed by atoms with Crippen LogP contribution in [0.4, 0.5) is 0 Å². The fourth-order valence-electron chi connectivity index (χ4n) is 2.81. The van der Waals surface area contributed by atoms with Gasteiger partial charge in [0.25, 0.3) is 0 Å². The zero-order valence-electron chi connectivity index (χ0n) is 16.0. The summed E-state index contributed by atoms with van der Waals surface area (Å²) in [6.45, 7) is 3.58. The Morgan fingerprint density at radius 1 is 1.04 bits per heavy atom. The third kappa shape index (κ3) is 5.74. The predicted molar refractivity (Wildman–Crippen MR) is 105 cm³/mol. The number of amides is 1. The van der Waals surface area contributed by atoms with Crippen molar-refractivity contribution in [1.82, 2.24) is 5.32 Å². The van der Waals surface area contributed by atoms with E-state index in [-0.39, 0.29) is 19.1 Å². The molecule has 0 spiro atoms. The van der Waals surface area contributed by atoms with Crippen LogP contribution in [0.5, 0.6) is 11.5 Å². The van der Waals surface area contributed by atoms with E-state index in [9.17, 15) is 9.59 Å². The van der Waals surface area contributed by atoms with Crippen molar-refractivity contribution in [2.45, 2.75) is 26.2 Å². The summed E-state index contributed by atoms with van der Waals surface area (Å²) in [5.41, 5.74) is 2.72. The van der Waals surface area contributed by atoms with E-state index in [0.717, 1.165) is 12.0 Å². The number of nitrogens with one attached hydrogen (secondary N) is 1. The van der Waals surface area contributed by atoms with Crippen LogP contribution in [0.25, 0.3) is 0 Å². The highest BCUT2D eigenvalue weighted by molar-refractivity contribution is 5.90. The highest BCUT2D eigenvalue weighted by Gasteiger charge is 2.15. The smallest absolute Gasteiger partial charge is 0.338 e. The van der Waals surface area contributed by atoms with Crippen LogP contribution in [-0.2, 0) is 16.0 Å². The Labute approximate surface area is 164 Å². The number of fused-ring (bicyclic) bond motifs is 1. The molecule has 6 nitrogen and oxygen atoms in total. The van der Waals surface area contributed by atoms with Crippen molar-refractivity contribution < 1.29 is 23.8 Å². The summed E-state index contributed by atoms with van der Waals surface area (Å²) in [5.74, 6) is 0.669. The van der Waals surface area contributed by atoms with Gasteiger partial charge in [0, 0.05) is 12.8 Å². The fourth-order valence-corrected chi connectivity index (χ4v) is 2.81. The monoisotopic (exact) mass is 383 g/mol. The maximum atomic E-state index is 12.2. The van der Waals surface area contributed by atoms with Crippen LogP contribution in [0, 0.1) is 6.92 Å². The van der Waals surface area contributed by atoms with E-state index in [0.29, 0.717) is 43.1 Å². The van der Waals surface area contributed by atoms with Crippen LogP contribution < -0.4 is 14.8 Å². The fraction of sp³-hybridized carbons (Fsp3) is 0.364. The van der Waals surface area contributed by atoms with Crippen molar-refractivity contribution in [3.05, 3.63) is 59.2 Å². The first kappa shape index (κ1) is 19.7. The molecule has 0 aliphatic carbocycles. The second kappa shape index (κ2) is 9.78. The standard InChI is InChI=1S/C22H25NO5/c1-16-3-5-17(6-4-16)7-10-21(24)23-11-14-28-22(25)18-8-9-19-20(15-18)27-13-2-12-26-19/h3-6,8-9,15H,2,7,10-14H2,1H3,(H,23,24). The lowest BCUT2D eigenvalue weighted by Crippen LogP contribution is -2.28. The van der Waals surface area contributed by atoms with Crippen LogP contribution in [0.15, 0.2) is 42.5 Å². The van der Waals surface area contributed by atoms with Gasteiger partial charge in [0.2, 0.25) is 5.91 Å². The summed E-state index contributed by atoms with van der Waals surface area (Å²) in [6.07, 6.45) is 1.89. The van der Waals surface area contributed by atoms with E-state index in [4.69, 9.17) is 14.2 Å². The minimum atomic E-state index is -0.454. The van der Waals surface area contributed by atoms with Gasteiger partial charge in [0.1, 0.15) is 6.61 Å². The van der Waals surface area contributed by atoms with Crippen LogP contribution in [0.1, 0.15) is 34.3 Å². The molecule has 148 valence electrons. The Bertz CT molecular complexity index is 816. The molecule has 0 fully saturated rings. The van der Waals surface area contributed by atoms with E-state index < -0.39 is 5.97 Å². The van der Waals surface area contributed by atoms with Crippen LogP contribution >= 0.6 is 0 Å². The van der Waals surface area contributed by atoms with Crippen molar-refractivity contribution in [2.75, 3.05) is 26.4 Å². The quantitative estimate of drug-likeness (QED) is 0.588. The van der Waals surface area contributed by atoms with Gasteiger partial charge in [-0.05, 0) is 37.1 Å². The maximum absolute atomic E-state index is 12.2. The molecule has 0 aromatic heterocycles. The minimum absolute atomic E-state index is 0.0628. The Balaban J connectivity index is 1.37. The van der Waals surface area contributed by atoms with Gasteiger partial charge in [-0.25, -0.2) is 4.79 Å². The van der Waals surface area contributed by atoms with Gasteiger partial charge in [0.15, 0.2) is 11.5 Å². The lowest BCUT2D eigenvalue weighted by Gasteiger charge is -2.10. The molecular weight excluding hydrogens is 358 g/mol. The van der Waals surface area contributed by atoms with Crippen molar-refractivity contribution in [2.24, 2.45) is 0 Å². The number of hydrogen-bond donors (Lipinski definition) is 1. The molecule has 0 saturated heterocycles. The zero-order valence-corrected chi connectivity index (χ0v) is 16.0. The SMILES string of the molecule is Cc1ccc(CCC(=O)NCCOC(=O)c2ccc3c(c2)OCCCO3)cc1. The van der Waals surface area contributed by atoms with Crippen molar-refractivity contribution in [3.63, 3.8) is 0 Å². The second-order valence-electron chi connectivity index (χ2n) is 6.68. The Morgan fingerprint density at radius 3 is 2.57 bits per heavy atom. The lowest BCUT2D eigenvalue weighted by atomic mass is 10.1. The summed E-state index contributed by atoms with van der Waals surface area (Å²) in [6, 6.07) is 13.1. The van der Waals surface area contributed by atoms with Gasteiger partial charge in [-0.15, -0.1) is 0 Å². The molecule has 1 aliphatic rings. The average Bonchev–Trinajstić information content (AvgIpc) is 2.95. The van der Waals surface area contributed by atoms with E-state index >= 15 is 0 Å². The summed E-state index contributed by atoms with van der Waals surface area (Å²) >= 11 is 0.